The molecule has 0 spiro atoms. The first-order valence-electron chi connectivity index (χ1n) is 5.18. The highest BCUT2D eigenvalue weighted by molar-refractivity contribution is 7.84. The molecular formula is C10H19NO3S. The van der Waals surface area contributed by atoms with Gasteiger partial charge in [0.05, 0.1) is 6.10 Å². The van der Waals surface area contributed by atoms with Crippen LogP contribution in [-0.4, -0.2) is 20.1 Å². The van der Waals surface area contributed by atoms with Crippen LogP contribution in [0.3, 0.4) is 0 Å². The summed E-state index contributed by atoms with van der Waals surface area (Å²) in [7, 11) is -3.55. The minimum absolute atomic E-state index is 0.206. The predicted octanol–water partition coefficient (Wildman–Crippen LogP) is 1.74. The minimum Gasteiger partial charge on any atom is -0.255 e. The van der Waals surface area contributed by atoms with Crippen LogP contribution in [0.1, 0.15) is 40.0 Å². The van der Waals surface area contributed by atoms with Gasteiger partial charge in [-0.05, 0) is 40.0 Å². The summed E-state index contributed by atoms with van der Waals surface area (Å²) in [6.45, 7) is 5.69. The highest BCUT2D eigenvalue weighted by Gasteiger charge is 2.36. The van der Waals surface area contributed by atoms with Gasteiger partial charge < -0.3 is 0 Å². The Balaban J connectivity index is 2.59. The molecule has 0 amide bonds. The summed E-state index contributed by atoms with van der Waals surface area (Å²) >= 11 is 0. The second-order valence-corrected chi connectivity index (χ2v) is 5.81. The van der Waals surface area contributed by atoms with E-state index >= 15 is 0 Å². The van der Waals surface area contributed by atoms with E-state index in [0.29, 0.717) is 6.42 Å². The highest BCUT2D eigenvalue weighted by Crippen LogP contribution is 2.25. The number of rotatable bonds is 3. The Hall–Kier alpha value is -0.390. The third-order valence-corrected chi connectivity index (χ3v) is 3.62. The van der Waals surface area contributed by atoms with Crippen molar-refractivity contribution in [3.05, 3.63) is 12.2 Å². The molecule has 1 saturated heterocycles. The Morgan fingerprint density at radius 3 is 2.73 bits per heavy atom. The predicted molar refractivity (Wildman–Crippen MR) is 59.7 cm³/mol. The van der Waals surface area contributed by atoms with Crippen LogP contribution in [0, 0.1) is 0 Å². The zero-order valence-electron chi connectivity index (χ0n) is 9.49. The fourth-order valence-electron chi connectivity index (χ4n) is 1.79. The molecule has 0 aromatic rings. The quantitative estimate of drug-likeness (QED) is 0.755. The molecule has 1 heterocycles. The van der Waals surface area contributed by atoms with Crippen molar-refractivity contribution in [3.63, 3.8) is 0 Å². The van der Waals surface area contributed by atoms with Crippen molar-refractivity contribution >= 4 is 10.3 Å². The SMILES string of the molecule is C/C=C/CCC1CC(C)(C)NS(=O)(=O)O1. The first kappa shape index (κ1) is 12.7. The van der Waals surface area contributed by atoms with Crippen molar-refractivity contribution in [1.29, 1.82) is 0 Å². The minimum atomic E-state index is -3.55. The topological polar surface area (TPSA) is 55.4 Å². The maximum Gasteiger partial charge on any atom is 0.336 e. The van der Waals surface area contributed by atoms with E-state index in [-0.39, 0.29) is 6.10 Å². The van der Waals surface area contributed by atoms with Crippen LogP contribution in [-0.2, 0) is 14.5 Å². The molecule has 0 saturated carbocycles. The van der Waals surface area contributed by atoms with Gasteiger partial charge in [-0.3, -0.25) is 4.18 Å². The van der Waals surface area contributed by atoms with Gasteiger partial charge in [-0.2, -0.15) is 13.1 Å². The third kappa shape index (κ3) is 4.32. The first-order chi connectivity index (χ1) is 6.85. The van der Waals surface area contributed by atoms with Crippen LogP contribution < -0.4 is 4.72 Å². The van der Waals surface area contributed by atoms with Crippen molar-refractivity contribution in [2.24, 2.45) is 0 Å². The average Bonchev–Trinajstić information content (AvgIpc) is 1.98. The largest absolute Gasteiger partial charge is 0.336 e. The molecule has 0 bridgehead atoms. The molecule has 1 rings (SSSR count). The van der Waals surface area contributed by atoms with Crippen LogP contribution in [0.15, 0.2) is 12.2 Å². The lowest BCUT2D eigenvalue weighted by Crippen LogP contribution is -2.52. The van der Waals surface area contributed by atoms with E-state index in [0.717, 1.165) is 12.8 Å². The zero-order chi connectivity index (χ0) is 11.5. The van der Waals surface area contributed by atoms with E-state index in [9.17, 15) is 8.42 Å². The monoisotopic (exact) mass is 233 g/mol. The van der Waals surface area contributed by atoms with Gasteiger partial charge in [0.2, 0.25) is 0 Å². The molecule has 1 aliphatic heterocycles. The molecule has 0 aromatic carbocycles. The van der Waals surface area contributed by atoms with Crippen molar-refractivity contribution in [2.45, 2.75) is 51.7 Å². The summed E-state index contributed by atoms with van der Waals surface area (Å²) in [6, 6.07) is 0. The van der Waals surface area contributed by atoms with Gasteiger partial charge in [0.15, 0.2) is 0 Å². The third-order valence-electron chi connectivity index (χ3n) is 2.29. The van der Waals surface area contributed by atoms with Crippen molar-refractivity contribution in [1.82, 2.24) is 4.72 Å². The fourth-order valence-corrected chi connectivity index (χ4v) is 3.12. The second-order valence-electron chi connectivity index (χ2n) is 4.51. The van der Waals surface area contributed by atoms with Crippen molar-refractivity contribution < 1.29 is 12.6 Å². The van der Waals surface area contributed by atoms with E-state index in [2.05, 4.69) is 4.72 Å². The highest BCUT2D eigenvalue weighted by atomic mass is 32.2. The zero-order valence-corrected chi connectivity index (χ0v) is 10.3. The smallest absolute Gasteiger partial charge is 0.255 e. The van der Waals surface area contributed by atoms with Gasteiger partial charge in [-0.1, -0.05) is 12.2 Å². The van der Waals surface area contributed by atoms with Crippen LogP contribution in [0.5, 0.6) is 0 Å². The molecular weight excluding hydrogens is 214 g/mol. The van der Waals surface area contributed by atoms with E-state index in [1.165, 1.54) is 0 Å². The van der Waals surface area contributed by atoms with Gasteiger partial charge >= 0.3 is 10.3 Å². The summed E-state index contributed by atoms with van der Waals surface area (Å²) in [5, 5.41) is 0. The Morgan fingerprint density at radius 1 is 1.53 bits per heavy atom. The molecule has 15 heavy (non-hydrogen) atoms. The maximum absolute atomic E-state index is 11.4. The lowest BCUT2D eigenvalue weighted by molar-refractivity contribution is 0.125. The van der Waals surface area contributed by atoms with Gasteiger partial charge in [0.25, 0.3) is 0 Å². The van der Waals surface area contributed by atoms with E-state index < -0.39 is 15.8 Å². The normalized spacial score (nSPS) is 29.4. The standard InChI is InChI=1S/C10H19NO3S/c1-4-5-6-7-9-8-10(2,3)11-15(12,13)14-9/h4-5,9,11H,6-8H2,1-3H3/b5-4+. The van der Waals surface area contributed by atoms with Crippen LogP contribution >= 0.6 is 0 Å². The summed E-state index contributed by atoms with van der Waals surface area (Å²) in [4.78, 5) is 0. The molecule has 1 fully saturated rings. The van der Waals surface area contributed by atoms with E-state index in [1.54, 1.807) is 0 Å². The second kappa shape index (κ2) is 4.63. The lowest BCUT2D eigenvalue weighted by atomic mass is 9.96. The Labute approximate surface area is 92.0 Å². The fraction of sp³-hybridized carbons (Fsp3) is 0.800. The summed E-state index contributed by atoms with van der Waals surface area (Å²) < 4.78 is 30.2. The van der Waals surface area contributed by atoms with Crippen LogP contribution in [0.25, 0.3) is 0 Å². The first-order valence-corrected chi connectivity index (χ1v) is 6.59. The number of hydrogen-bond donors (Lipinski definition) is 1. The van der Waals surface area contributed by atoms with Gasteiger partial charge in [-0.15, -0.1) is 0 Å². The Kier molecular flexibility index (Phi) is 3.92. The summed E-state index contributed by atoms with van der Waals surface area (Å²) in [6.07, 6.45) is 6.08. The average molecular weight is 233 g/mol. The molecule has 0 aromatic heterocycles. The number of allylic oxidation sites excluding steroid dienone is 2. The summed E-state index contributed by atoms with van der Waals surface area (Å²) in [5.41, 5.74) is -0.405. The maximum atomic E-state index is 11.4. The Morgan fingerprint density at radius 2 is 2.20 bits per heavy atom. The molecule has 5 heteroatoms. The van der Waals surface area contributed by atoms with Crippen LogP contribution in [0.2, 0.25) is 0 Å². The van der Waals surface area contributed by atoms with Gasteiger partial charge in [0.1, 0.15) is 0 Å². The molecule has 88 valence electrons. The van der Waals surface area contributed by atoms with Crippen molar-refractivity contribution in [2.75, 3.05) is 0 Å². The Bertz CT molecular complexity index is 333. The van der Waals surface area contributed by atoms with Crippen molar-refractivity contribution in [3.8, 4) is 0 Å². The summed E-state index contributed by atoms with van der Waals surface area (Å²) in [5.74, 6) is 0. The van der Waals surface area contributed by atoms with Gasteiger partial charge in [-0.25, -0.2) is 0 Å². The number of nitrogens with one attached hydrogen (secondary N) is 1. The van der Waals surface area contributed by atoms with Gasteiger partial charge in [0, 0.05) is 5.54 Å². The number of hydrogen-bond acceptors (Lipinski definition) is 3. The van der Waals surface area contributed by atoms with E-state index in [1.807, 2.05) is 32.9 Å². The molecule has 1 unspecified atom stereocenters. The molecule has 1 atom stereocenters. The molecule has 1 N–H and O–H groups in total. The molecule has 1 aliphatic rings. The van der Waals surface area contributed by atoms with E-state index in [4.69, 9.17) is 4.18 Å². The lowest BCUT2D eigenvalue weighted by Gasteiger charge is -2.35. The van der Waals surface area contributed by atoms with Crippen LogP contribution in [0.4, 0.5) is 0 Å². The molecule has 4 nitrogen and oxygen atoms in total. The molecule has 0 radical (unpaired) electrons. The molecule has 0 aliphatic carbocycles.